The predicted octanol–water partition coefficient (Wildman–Crippen LogP) is 1.99. The molecule has 0 radical (unpaired) electrons. The topological polar surface area (TPSA) is 81.8 Å². The molecule has 0 spiro atoms. The Labute approximate surface area is 158 Å². The summed E-state index contributed by atoms with van der Waals surface area (Å²) in [6.07, 6.45) is 1.63. The summed E-state index contributed by atoms with van der Waals surface area (Å²) in [5, 5.41) is 13.9. The quantitative estimate of drug-likeness (QED) is 0.699. The lowest BCUT2D eigenvalue weighted by Gasteiger charge is -2.15. The van der Waals surface area contributed by atoms with Gasteiger partial charge in [-0.05, 0) is 58.5 Å². The average Bonchev–Trinajstić information content (AvgIpc) is 3.12. The van der Waals surface area contributed by atoms with Crippen LogP contribution >= 0.6 is 22.9 Å². The molecule has 1 fully saturated rings. The Morgan fingerprint density at radius 2 is 2.00 bits per heavy atom. The molecule has 0 aliphatic heterocycles. The van der Waals surface area contributed by atoms with Gasteiger partial charge in [-0.2, -0.15) is 9.36 Å². The first-order chi connectivity index (χ1) is 12.6. The highest BCUT2D eigenvalue weighted by Gasteiger charge is 2.50. The largest absolute Gasteiger partial charge is 0.369 e. The Morgan fingerprint density at radius 1 is 1.23 bits per heavy atom. The van der Waals surface area contributed by atoms with Crippen molar-refractivity contribution in [1.29, 1.82) is 0 Å². The molecule has 0 saturated heterocycles. The molecule has 9 heteroatoms. The van der Waals surface area contributed by atoms with Gasteiger partial charge in [0, 0.05) is 11.6 Å². The maximum absolute atomic E-state index is 12.6. The molecule has 1 amide bonds. The Kier molecular flexibility index (Phi) is 4.37. The van der Waals surface area contributed by atoms with Crippen LogP contribution in [0.15, 0.2) is 46.6 Å². The van der Waals surface area contributed by atoms with E-state index < -0.39 is 5.41 Å². The van der Waals surface area contributed by atoms with Gasteiger partial charge in [-0.15, -0.1) is 11.3 Å². The molecule has 4 rings (SSSR count). The van der Waals surface area contributed by atoms with Crippen molar-refractivity contribution in [3.63, 3.8) is 0 Å². The van der Waals surface area contributed by atoms with E-state index in [1.807, 2.05) is 23.6 Å². The maximum Gasteiger partial charge on any atom is 0.369 e. The van der Waals surface area contributed by atoms with Crippen molar-refractivity contribution in [3.8, 4) is 5.00 Å². The second-order valence-corrected chi connectivity index (χ2v) is 7.56. The smallest absolute Gasteiger partial charge is 0.353 e. The summed E-state index contributed by atoms with van der Waals surface area (Å²) >= 11 is 7.33. The third-order valence-electron chi connectivity index (χ3n) is 4.54. The van der Waals surface area contributed by atoms with E-state index >= 15 is 0 Å². The summed E-state index contributed by atoms with van der Waals surface area (Å²) in [7, 11) is 0. The lowest BCUT2D eigenvalue weighted by molar-refractivity contribution is -0.123. The van der Waals surface area contributed by atoms with Crippen molar-refractivity contribution < 1.29 is 4.79 Å². The Hall–Kier alpha value is -2.45. The van der Waals surface area contributed by atoms with E-state index in [0.29, 0.717) is 16.6 Å². The number of hydrogen-bond donors (Lipinski definition) is 1. The minimum Gasteiger partial charge on any atom is -0.353 e. The van der Waals surface area contributed by atoms with Gasteiger partial charge in [0.1, 0.15) is 5.00 Å². The van der Waals surface area contributed by atoms with Crippen LogP contribution in [0.1, 0.15) is 18.4 Å². The Bertz CT molecular complexity index is 974. The molecule has 1 N–H and O–H groups in total. The van der Waals surface area contributed by atoms with Gasteiger partial charge in [0.15, 0.2) is 0 Å². The van der Waals surface area contributed by atoms with Crippen molar-refractivity contribution in [2.75, 3.05) is 6.54 Å². The van der Waals surface area contributed by atoms with E-state index in [2.05, 4.69) is 15.7 Å². The molecule has 3 aromatic rings. The van der Waals surface area contributed by atoms with Crippen molar-refractivity contribution >= 4 is 28.8 Å². The summed E-state index contributed by atoms with van der Waals surface area (Å²) in [5.74, 6) is -0.0291. The van der Waals surface area contributed by atoms with E-state index in [1.165, 1.54) is 20.7 Å². The standard InChI is InChI=1S/C17H16ClN5O2S/c18-13-5-3-12(4-6-13)17(7-8-17)15(24)19-9-10-22-16(25)23(21-20-22)14-2-1-11-26-14/h1-6,11H,7-10H2,(H,19,24). The number of carbonyl (C=O) groups excluding carboxylic acids is 1. The highest BCUT2D eigenvalue weighted by molar-refractivity contribution is 7.12. The maximum atomic E-state index is 12.6. The molecule has 1 aromatic carbocycles. The molecule has 0 atom stereocenters. The molecule has 1 aliphatic rings. The molecular formula is C17H16ClN5O2S. The highest BCUT2D eigenvalue weighted by Crippen LogP contribution is 2.48. The number of nitrogens with zero attached hydrogens (tertiary/aromatic N) is 4. The zero-order valence-electron chi connectivity index (χ0n) is 13.8. The molecular weight excluding hydrogens is 374 g/mol. The molecule has 2 aromatic heterocycles. The zero-order valence-corrected chi connectivity index (χ0v) is 15.3. The van der Waals surface area contributed by atoms with Gasteiger partial charge in [0.25, 0.3) is 0 Å². The number of tetrazole rings is 1. The van der Waals surface area contributed by atoms with Gasteiger partial charge < -0.3 is 5.32 Å². The normalized spacial score (nSPS) is 15.0. The predicted molar refractivity (Wildman–Crippen MR) is 98.9 cm³/mol. The number of nitrogens with one attached hydrogen (secondary N) is 1. The summed E-state index contributed by atoms with van der Waals surface area (Å²) < 4.78 is 2.50. The first-order valence-electron chi connectivity index (χ1n) is 8.21. The Balaban J connectivity index is 1.39. The van der Waals surface area contributed by atoms with Crippen LogP contribution in [0.4, 0.5) is 0 Å². The first kappa shape index (κ1) is 17.0. The van der Waals surface area contributed by atoms with E-state index in [-0.39, 0.29) is 18.1 Å². The van der Waals surface area contributed by atoms with Crippen molar-refractivity contribution in [2.45, 2.75) is 24.8 Å². The molecule has 1 aliphatic carbocycles. The van der Waals surface area contributed by atoms with Crippen LogP contribution in [-0.4, -0.2) is 32.2 Å². The molecule has 2 heterocycles. The monoisotopic (exact) mass is 389 g/mol. The summed E-state index contributed by atoms with van der Waals surface area (Å²) in [4.78, 5) is 24.9. The van der Waals surface area contributed by atoms with Crippen molar-refractivity contribution in [3.05, 3.63) is 62.8 Å². The molecule has 134 valence electrons. The van der Waals surface area contributed by atoms with Crippen molar-refractivity contribution in [2.24, 2.45) is 0 Å². The SMILES string of the molecule is O=C(NCCn1nnn(-c2cccs2)c1=O)C1(c2ccc(Cl)cc2)CC1. The van der Waals surface area contributed by atoms with E-state index in [4.69, 9.17) is 11.6 Å². The number of amides is 1. The Morgan fingerprint density at radius 3 is 2.65 bits per heavy atom. The fraction of sp³-hybridized carbons (Fsp3) is 0.294. The average molecular weight is 390 g/mol. The first-order valence-corrected chi connectivity index (χ1v) is 9.47. The second kappa shape index (κ2) is 6.69. The lowest BCUT2D eigenvalue weighted by atomic mass is 9.95. The minimum atomic E-state index is -0.468. The van der Waals surface area contributed by atoms with Crippen LogP contribution in [0.5, 0.6) is 0 Å². The van der Waals surface area contributed by atoms with Gasteiger partial charge in [-0.1, -0.05) is 23.7 Å². The van der Waals surface area contributed by atoms with Crippen LogP contribution in [0, 0.1) is 0 Å². The fourth-order valence-electron chi connectivity index (χ4n) is 2.93. The second-order valence-electron chi connectivity index (χ2n) is 6.19. The number of rotatable bonds is 6. The van der Waals surface area contributed by atoms with Crippen molar-refractivity contribution in [1.82, 2.24) is 25.1 Å². The van der Waals surface area contributed by atoms with Gasteiger partial charge in [-0.25, -0.2) is 4.79 Å². The third-order valence-corrected chi connectivity index (χ3v) is 5.64. The van der Waals surface area contributed by atoms with Gasteiger partial charge in [0.2, 0.25) is 5.91 Å². The molecule has 0 unspecified atom stereocenters. The van der Waals surface area contributed by atoms with Gasteiger partial charge >= 0.3 is 5.69 Å². The van der Waals surface area contributed by atoms with E-state index in [0.717, 1.165) is 18.4 Å². The summed E-state index contributed by atoms with van der Waals surface area (Å²) in [5.41, 5.74) is 0.185. The fourth-order valence-corrected chi connectivity index (χ4v) is 3.72. The van der Waals surface area contributed by atoms with Crippen LogP contribution in [0.2, 0.25) is 5.02 Å². The number of thiophene rings is 1. The number of carbonyl (C=O) groups is 1. The molecule has 26 heavy (non-hydrogen) atoms. The number of hydrogen-bond acceptors (Lipinski definition) is 5. The molecule has 0 bridgehead atoms. The molecule has 1 saturated carbocycles. The summed E-state index contributed by atoms with van der Waals surface area (Å²) in [6, 6.07) is 11.0. The van der Waals surface area contributed by atoms with E-state index in [9.17, 15) is 9.59 Å². The van der Waals surface area contributed by atoms with Crippen LogP contribution in [0.25, 0.3) is 5.00 Å². The number of halogens is 1. The number of aromatic nitrogens is 4. The minimum absolute atomic E-state index is 0.0291. The highest BCUT2D eigenvalue weighted by atomic mass is 35.5. The van der Waals surface area contributed by atoms with Gasteiger partial charge in [0.05, 0.1) is 12.0 Å². The van der Waals surface area contributed by atoms with Crippen LogP contribution in [0.3, 0.4) is 0 Å². The summed E-state index contributed by atoms with van der Waals surface area (Å²) in [6.45, 7) is 0.587. The van der Waals surface area contributed by atoms with E-state index in [1.54, 1.807) is 18.2 Å². The van der Waals surface area contributed by atoms with Gasteiger partial charge in [-0.3, -0.25) is 4.79 Å². The zero-order chi connectivity index (χ0) is 18.1. The third kappa shape index (κ3) is 3.06. The molecule has 7 nitrogen and oxygen atoms in total. The lowest BCUT2D eigenvalue weighted by Crippen LogP contribution is -2.38. The van der Waals surface area contributed by atoms with Crippen LogP contribution < -0.4 is 11.0 Å². The number of benzene rings is 1. The van der Waals surface area contributed by atoms with Crippen LogP contribution in [-0.2, 0) is 16.8 Å².